The van der Waals surface area contributed by atoms with Gasteiger partial charge in [-0.2, -0.15) is 0 Å². The van der Waals surface area contributed by atoms with E-state index in [1.807, 2.05) is 6.07 Å². The molecule has 0 aromatic carbocycles. The number of hydrogen-bond donors (Lipinski definition) is 3. The van der Waals surface area contributed by atoms with Gasteiger partial charge in [-0.05, 0) is 12.1 Å². The fraction of sp³-hybridized carbons (Fsp3) is 0.400. The van der Waals surface area contributed by atoms with E-state index in [2.05, 4.69) is 26.3 Å². The van der Waals surface area contributed by atoms with Gasteiger partial charge in [0.15, 0.2) is 0 Å². The second-order valence-electron chi connectivity index (χ2n) is 5.26. The molecule has 0 atom stereocenters. The van der Waals surface area contributed by atoms with E-state index < -0.39 is 0 Å². The van der Waals surface area contributed by atoms with E-state index in [0.717, 1.165) is 37.7 Å². The van der Waals surface area contributed by atoms with Gasteiger partial charge in [0.05, 0.1) is 29.4 Å². The highest BCUT2D eigenvalue weighted by atomic mass is 32.1. The van der Waals surface area contributed by atoms with Crippen molar-refractivity contribution < 1.29 is 4.74 Å². The molecule has 1 aliphatic heterocycles. The van der Waals surface area contributed by atoms with Crippen LogP contribution in [0, 0.1) is 5.41 Å². The van der Waals surface area contributed by atoms with Crippen LogP contribution in [0.2, 0.25) is 0 Å². The molecule has 0 unspecified atom stereocenters. The maximum Gasteiger partial charge on any atom is 0.140 e. The Bertz CT molecular complexity index is 695. The maximum atomic E-state index is 8.47. The number of nitrogen functional groups attached to an aromatic ring is 1. The topological polar surface area (TPSA) is 100 Å². The van der Waals surface area contributed by atoms with Crippen molar-refractivity contribution in [2.75, 3.05) is 44.4 Å². The smallest absolute Gasteiger partial charge is 0.140 e. The van der Waals surface area contributed by atoms with Crippen LogP contribution in [0.3, 0.4) is 0 Å². The molecule has 2 aromatic heterocycles. The van der Waals surface area contributed by atoms with E-state index in [-0.39, 0.29) is 0 Å². The number of nitrogens with zero attached hydrogens (tertiary/aromatic N) is 3. The Kier molecular flexibility index (Phi) is 4.85. The third kappa shape index (κ3) is 3.49. The molecule has 8 heteroatoms. The molecule has 1 aliphatic rings. The van der Waals surface area contributed by atoms with Gasteiger partial charge in [-0.1, -0.05) is 0 Å². The molecule has 1 fully saturated rings. The number of morpholine rings is 1. The molecule has 0 saturated carbocycles. The number of nitrogens with one attached hydrogen (secondary N) is 2. The van der Waals surface area contributed by atoms with Gasteiger partial charge in [0, 0.05) is 31.6 Å². The third-order valence-electron chi connectivity index (χ3n) is 3.75. The van der Waals surface area contributed by atoms with E-state index in [4.69, 9.17) is 15.9 Å². The molecule has 1 saturated heterocycles. The zero-order valence-electron chi connectivity index (χ0n) is 13.0. The number of nitrogens with two attached hydrogens (primary N) is 1. The molecule has 0 spiro atoms. The van der Waals surface area contributed by atoms with Crippen molar-refractivity contribution in [1.29, 1.82) is 5.41 Å². The lowest BCUT2D eigenvalue weighted by molar-refractivity contribution is 0.0346. The molecule has 0 amide bonds. The summed E-state index contributed by atoms with van der Waals surface area (Å²) in [6.45, 7) is 4.37. The van der Waals surface area contributed by atoms with Crippen LogP contribution in [-0.4, -0.2) is 53.9 Å². The lowest BCUT2D eigenvalue weighted by Crippen LogP contribution is -2.35. The lowest BCUT2D eigenvalue weighted by atomic mass is 10.1. The summed E-state index contributed by atoms with van der Waals surface area (Å²) in [6, 6.07) is 4.04. The summed E-state index contributed by atoms with van der Waals surface area (Å²) in [4.78, 5) is 12.6. The molecule has 0 bridgehead atoms. The second-order valence-corrected chi connectivity index (χ2v) is 6.43. The van der Waals surface area contributed by atoms with Crippen molar-refractivity contribution in [1.82, 2.24) is 14.9 Å². The van der Waals surface area contributed by atoms with Gasteiger partial charge in [0.25, 0.3) is 0 Å². The van der Waals surface area contributed by atoms with Crippen LogP contribution in [0.5, 0.6) is 0 Å². The highest BCUT2D eigenvalue weighted by Crippen LogP contribution is 2.26. The fourth-order valence-electron chi connectivity index (χ4n) is 2.54. The zero-order valence-corrected chi connectivity index (χ0v) is 13.8. The molecule has 122 valence electrons. The van der Waals surface area contributed by atoms with Gasteiger partial charge >= 0.3 is 0 Å². The molecule has 0 radical (unpaired) electrons. The average Bonchev–Trinajstić information content (AvgIpc) is 3.03. The largest absolute Gasteiger partial charge is 0.383 e. The van der Waals surface area contributed by atoms with Gasteiger partial charge in [0.2, 0.25) is 0 Å². The summed E-state index contributed by atoms with van der Waals surface area (Å²) in [5, 5.41) is 11.4. The highest BCUT2D eigenvalue weighted by Gasteiger charge is 2.18. The zero-order chi connectivity index (χ0) is 16.2. The molecule has 2 aromatic rings. The summed E-state index contributed by atoms with van der Waals surface area (Å²) < 4.78 is 5.37. The monoisotopic (exact) mass is 332 g/mol. The minimum atomic E-state index is 0.317. The van der Waals surface area contributed by atoms with E-state index in [9.17, 15) is 0 Å². The van der Waals surface area contributed by atoms with Crippen molar-refractivity contribution >= 4 is 28.7 Å². The molecule has 3 heterocycles. The Balaban J connectivity index is 1.78. The van der Waals surface area contributed by atoms with Crippen LogP contribution in [0.4, 0.5) is 11.6 Å². The van der Waals surface area contributed by atoms with Crippen LogP contribution in [0.15, 0.2) is 18.5 Å². The Hall–Kier alpha value is -2.03. The predicted octanol–water partition coefficient (Wildman–Crippen LogP) is 1.41. The van der Waals surface area contributed by atoms with E-state index in [1.165, 1.54) is 11.2 Å². The van der Waals surface area contributed by atoms with Crippen LogP contribution in [-0.2, 0) is 11.3 Å². The molecule has 7 nitrogen and oxygen atoms in total. The quantitative estimate of drug-likeness (QED) is 0.716. The van der Waals surface area contributed by atoms with E-state index in [0.29, 0.717) is 22.9 Å². The van der Waals surface area contributed by atoms with Gasteiger partial charge in [0.1, 0.15) is 18.0 Å². The number of aromatic nitrogens is 2. The first-order valence-corrected chi connectivity index (χ1v) is 8.27. The van der Waals surface area contributed by atoms with Crippen molar-refractivity contribution in [3.8, 4) is 0 Å². The number of hydrogen-bond acceptors (Lipinski definition) is 8. The minimum Gasteiger partial charge on any atom is -0.383 e. The van der Waals surface area contributed by atoms with E-state index >= 15 is 0 Å². The van der Waals surface area contributed by atoms with Crippen LogP contribution < -0.4 is 11.1 Å². The molecule has 4 N–H and O–H groups in total. The SMILES string of the molecule is CNc1ncnc(N)c1C(=N)c1ccc(CN2CCOCC2)s1. The fourth-order valence-corrected chi connectivity index (χ4v) is 3.54. The number of ether oxygens (including phenoxy) is 1. The van der Waals surface area contributed by atoms with Crippen LogP contribution in [0.25, 0.3) is 0 Å². The summed E-state index contributed by atoms with van der Waals surface area (Å²) in [5.74, 6) is 0.892. The number of thiophene rings is 1. The standard InChI is InChI=1S/C15H20N6OS/c1-18-15-12(14(17)19-9-20-15)13(16)11-3-2-10(23-11)8-21-4-6-22-7-5-21/h2-3,9,16H,4-8H2,1H3,(H3,17,18,19,20). The first kappa shape index (κ1) is 15.9. The summed E-state index contributed by atoms with van der Waals surface area (Å²) >= 11 is 1.61. The van der Waals surface area contributed by atoms with Gasteiger partial charge < -0.3 is 15.8 Å². The van der Waals surface area contributed by atoms with Crippen molar-refractivity contribution in [3.05, 3.63) is 33.8 Å². The predicted molar refractivity (Wildman–Crippen MR) is 92.3 cm³/mol. The van der Waals surface area contributed by atoms with Crippen LogP contribution >= 0.6 is 11.3 Å². The summed E-state index contributed by atoms with van der Waals surface area (Å²) in [6.07, 6.45) is 1.40. The van der Waals surface area contributed by atoms with E-state index in [1.54, 1.807) is 18.4 Å². The second kappa shape index (κ2) is 7.03. The lowest BCUT2D eigenvalue weighted by Gasteiger charge is -2.25. The first-order valence-electron chi connectivity index (χ1n) is 7.45. The Labute approximate surface area is 139 Å². The Morgan fingerprint density at radius 3 is 2.91 bits per heavy atom. The van der Waals surface area contributed by atoms with Crippen molar-refractivity contribution in [3.63, 3.8) is 0 Å². The van der Waals surface area contributed by atoms with Gasteiger partial charge in [-0.3, -0.25) is 10.3 Å². The molecule has 3 rings (SSSR count). The third-order valence-corrected chi connectivity index (χ3v) is 4.84. The molecular formula is C15H20N6OS. The van der Waals surface area contributed by atoms with Gasteiger partial charge in [-0.25, -0.2) is 9.97 Å². The molecule has 23 heavy (non-hydrogen) atoms. The van der Waals surface area contributed by atoms with Gasteiger partial charge in [-0.15, -0.1) is 11.3 Å². The van der Waals surface area contributed by atoms with Crippen LogP contribution in [0.1, 0.15) is 15.3 Å². The normalized spacial score (nSPS) is 15.5. The highest BCUT2D eigenvalue weighted by molar-refractivity contribution is 7.14. The summed E-state index contributed by atoms with van der Waals surface area (Å²) in [5.41, 5.74) is 6.85. The number of anilines is 2. The van der Waals surface area contributed by atoms with Crippen molar-refractivity contribution in [2.45, 2.75) is 6.54 Å². The first-order chi connectivity index (χ1) is 11.2. The number of rotatable bonds is 5. The maximum absolute atomic E-state index is 8.47. The Morgan fingerprint density at radius 2 is 2.17 bits per heavy atom. The summed E-state index contributed by atoms with van der Waals surface area (Å²) in [7, 11) is 1.76. The average molecular weight is 332 g/mol. The minimum absolute atomic E-state index is 0.317. The molecule has 0 aliphatic carbocycles. The van der Waals surface area contributed by atoms with Crippen molar-refractivity contribution in [2.24, 2.45) is 0 Å². The Morgan fingerprint density at radius 1 is 1.39 bits per heavy atom. The molecular weight excluding hydrogens is 312 g/mol.